The highest BCUT2D eigenvalue weighted by molar-refractivity contribution is 5.46. The van der Waals surface area contributed by atoms with Gasteiger partial charge in [-0.3, -0.25) is 4.98 Å². The number of aryl methyl sites for hydroxylation is 1. The van der Waals surface area contributed by atoms with Gasteiger partial charge in [0.1, 0.15) is 5.82 Å². The van der Waals surface area contributed by atoms with E-state index in [1.165, 1.54) is 11.6 Å². The number of benzene rings is 1. The van der Waals surface area contributed by atoms with Crippen LogP contribution in [0.3, 0.4) is 0 Å². The van der Waals surface area contributed by atoms with E-state index in [1.807, 2.05) is 12.1 Å². The Morgan fingerprint density at radius 2 is 1.95 bits per heavy atom. The van der Waals surface area contributed by atoms with Crippen LogP contribution in [0.1, 0.15) is 17.5 Å². The molecule has 0 saturated heterocycles. The summed E-state index contributed by atoms with van der Waals surface area (Å²) in [6, 6.07) is 8.63. The lowest BCUT2D eigenvalue weighted by Crippen LogP contribution is -2.03. The van der Waals surface area contributed by atoms with Crippen LogP contribution in [0, 0.1) is 5.82 Å². The summed E-state index contributed by atoms with van der Waals surface area (Å²) in [5, 5.41) is 0. The van der Waals surface area contributed by atoms with Crippen molar-refractivity contribution in [1.82, 2.24) is 4.98 Å². The molecule has 0 spiro atoms. The summed E-state index contributed by atoms with van der Waals surface area (Å²) < 4.78 is 18.9. The summed E-state index contributed by atoms with van der Waals surface area (Å²) in [6.45, 7) is 0.797. The highest BCUT2D eigenvalue weighted by atomic mass is 19.1. The number of hydrogen-bond acceptors (Lipinski definition) is 3. The molecule has 0 aliphatic heterocycles. The van der Waals surface area contributed by atoms with E-state index in [2.05, 4.69) is 4.98 Å². The predicted molar refractivity (Wildman–Crippen MR) is 73.0 cm³/mol. The van der Waals surface area contributed by atoms with E-state index in [0.717, 1.165) is 12.8 Å². The number of pyridine rings is 1. The van der Waals surface area contributed by atoms with Gasteiger partial charge in [0, 0.05) is 30.3 Å². The van der Waals surface area contributed by atoms with Gasteiger partial charge in [-0.1, -0.05) is 6.07 Å². The first kappa shape index (κ1) is 13.5. The second-order valence-electron chi connectivity index (χ2n) is 4.32. The average Bonchev–Trinajstić information content (AvgIpc) is 2.42. The standard InChI is InChI=1S/C15H17FN2O/c16-14-4-1-5-15(17)13(14)11-19-10-2-3-12-6-8-18-9-7-12/h1,4-9H,2-3,10-11,17H2. The van der Waals surface area contributed by atoms with Crippen molar-refractivity contribution in [3.05, 3.63) is 59.7 Å². The first-order chi connectivity index (χ1) is 9.27. The molecule has 0 saturated carbocycles. The van der Waals surface area contributed by atoms with Crippen LogP contribution in [0.5, 0.6) is 0 Å². The molecule has 19 heavy (non-hydrogen) atoms. The molecular formula is C15H17FN2O. The Bertz CT molecular complexity index is 497. The smallest absolute Gasteiger partial charge is 0.130 e. The van der Waals surface area contributed by atoms with Gasteiger partial charge in [-0.25, -0.2) is 4.39 Å². The fourth-order valence-electron chi connectivity index (χ4n) is 1.83. The molecule has 3 nitrogen and oxygen atoms in total. The number of aromatic nitrogens is 1. The van der Waals surface area contributed by atoms with Gasteiger partial charge >= 0.3 is 0 Å². The maximum absolute atomic E-state index is 13.5. The molecular weight excluding hydrogens is 243 g/mol. The van der Waals surface area contributed by atoms with Crippen LogP contribution in [-0.2, 0) is 17.8 Å². The number of nitrogen functional groups attached to an aromatic ring is 1. The summed E-state index contributed by atoms with van der Waals surface area (Å²) in [4.78, 5) is 3.96. The van der Waals surface area contributed by atoms with Gasteiger partial charge in [0.05, 0.1) is 6.61 Å². The average molecular weight is 260 g/mol. The SMILES string of the molecule is Nc1cccc(F)c1COCCCc1ccncc1. The van der Waals surface area contributed by atoms with Crippen molar-refractivity contribution in [2.45, 2.75) is 19.4 Å². The van der Waals surface area contributed by atoms with Gasteiger partial charge in [-0.15, -0.1) is 0 Å². The maximum atomic E-state index is 13.5. The number of nitrogens with two attached hydrogens (primary N) is 1. The number of nitrogens with zero attached hydrogens (tertiary/aromatic N) is 1. The molecule has 0 bridgehead atoms. The van der Waals surface area contributed by atoms with Crippen LogP contribution in [0.15, 0.2) is 42.7 Å². The highest BCUT2D eigenvalue weighted by Gasteiger charge is 2.05. The fraction of sp³-hybridized carbons (Fsp3) is 0.267. The summed E-state index contributed by atoms with van der Waals surface area (Å²) in [6.07, 6.45) is 5.36. The molecule has 1 aromatic heterocycles. The lowest BCUT2D eigenvalue weighted by molar-refractivity contribution is 0.117. The second kappa shape index (κ2) is 6.85. The van der Waals surface area contributed by atoms with Gasteiger partial charge in [0.15, 0.2) is 0 Å². The summed E-state index contributed by atoms with van der Waals surface area (Å²) in [5.74, 6) is -0.311. The number of ether oxygens (including phenoxy) is 1. The van der Waals surface area contributed by atoms with Crippen molar-refractivity contribution < 1.29 is 9.13 Å². The highest BCUT2D eigenvalue weighted by Crippen LogP contribution is 2.16. The Balaban J connectivity index is 1.73. The zero-order valence-corrected chi connectivity index (χ0v) is 10.7. The fourth-order valence-corrected chi connectivity index (χ4v) is 1.83. The van der Waals surface area contributed by atoms with Gasteiger partial charge in [-0.05, 0) is 42.7 Å². The van der Waals surface area contributed by atoms with Crippen molar-refractivity contribution in [2.75, 3.05) is 12.3 Å². The molecule has 0 radical (unpaired) electrons. The minimum atomic E-state index is -0.311. The van der Waals surface area contributed by atoms with Gasteiger partial charge in [0.25, 0.3) is 0 Å². The molecule has 100 valence electrons. The van der Waals surface area contributed by atoms with Crippen molar-refractivity contribution in [3.63, 3.8) is 0 Å². The van der Waals surface area contributed by atoms with Gasteiger partial charge < -0.3 is 10.5 Å². The first-order valence-corrected chi connectivity index (χ1v) is 6.27. The quantitative estimate of drug-likeness (QED) is 0.641. The van der Waals surface area contributed by atoms with E-state index in [-0.39, 0.29) is 12.4 Å². The van der Waals surface area contributed by atoms with Crippen LogP contribution >= 0.6 is 0 Å². The second-order valence-corrected chi connectivity index (χ2v) is 4.32. The van der Waals surface area contributed by atoms with Crippen LogP contribution < -0.4 is 5.73 Å². The normalized spacial score (nSPS) is 10.6. The Kier molecular flexibility index (Phi) is 4.86. The third-order valence-corrected chi connectivity index (χ3v) is 2.90. The molecule has 0 amide bonds. The number of halogens is 1. The topological polar surface area (TPSA) is 48.1 Å². The van der Waals surface area contributed by atoms with Crippen molar-refractivity contribution in [3.8, 4) is 0 Å². The molecule has 1 aromatic carbocycles. The Morgan fingerprint density at radius 3 is 2.68 bits per heavy atom. The molecule has 0 unspecified atom stereocenters. The molecule has 1 heterocycles. The summed E-state index contributed by atoms with van der Waals surface area (Å²) in [7, 11) is 0. The molecule has 2 aromatic rings. The molecule has 0 fully saturated rings. The van der Waals surface area contributed by atoms with E-state index in [9.17, 15) is 4.39 Å². The molecule has 0 aliphatic rings. The lowest BCUT2D eigenvalue weighted by atomic mass is 10.1. The van der Waals surface area contributed by atoms with E-state index in [4.69, 9.17) is 10.5 Å². The van der Waals surface area contributed by atoms with Crippen LogP contribution in [0.25, 0.3) is 0 Å². The first-order valence-electron chi connectivity index (χ1n) is 6.27. The molecule has 0 aliphatic carbocycles. The monoisotopic (exact) mass is 260 g/mol. The summed E-state index contributed by atoms with van der Waals surface area (Å²) in [5.41, 5.74) is 7.80. The minimum absolute atomic E-state index is 0.217. The Morgan fingerprint density at radius 1 is 1.16 bits per heavy atom. The van der Waals surface area contributed by atoms with Crippen molar-refractivity contribution in [2.24, 2.45) is 0 Å². The van der Waals surface area contributed by atoms with Gasteiger partial charge in [0.2, 0.25) is 0 Å². The van der Waals surface area contributed by atoms with E-state index >= 15 is 0 Å². The predicted octanol–water partition coefficient (Wildman–Crippen LogP) is 2.95. The number of anilines is 1. The Hall–Kier alpha value is -1.94. The third-order valence-electron chi connectivity index (χ3n) is 2.90. The van der Waals surface area contributed by atoms with Crippen molar-refractivity contribution in [1.29, 1.82) is 0 Å². The minimum Gasteiger partial charge on any atom is -0.398 e. The van der Waals surface area contributed by atoms with Crippen molar-refractivity contribution >= 4 is 5.69 Å². The zero-order chi connectivity index (χ0) is 13.5. The largest absolute Gasteiger partial charge is 0.398 e. The van der Waals surface area contributed by atoms with Gasteiger partial charge in [-0.2, -0.15) is 0 Å². The van der Waals surface area contributed by atoms with E-state index in [1.54, 1.807) is 24.5 Å². The molecule has 0 atom stereocenters. The maximum Gasteiger partial charge on any atom is 0.130 e. The van der Waals surface area contributed by atoms with Crippen LogP contribution in [0.4, 0.5) is 10.1 Å². The number of hydrogen-bond donors (Lipinski definition) is 1. The zero-order valence-electron chi connectivity index (χ0n) is 10.7. The van der Waals surface area contributed by atoms with Crippen LogP contribution in [0.2, 0.25) is 0 Å². The Labute approximate surface area is 112 Å². The summed E-state index contributed by atoms with van der Waals surface area (Å²) >= 11 is 0. The van der Waals surface area contributed by atoms with E-state index in [0.29, 0.717) is 17.9 Å². The molecule has 4 heteroatoms. The molecule has 2 N–H and O–H groups in total. The van der Waals surface area contributed by atoms with E-state index < -0.39 is 0 Å². The lowest BCUT2D eigenvalue weighted by Gasteiger charge is -2.08. The molecule has 2 rings (SSSR count). The van der Waals surface area contributed by atoms with Crippen LogP contribution in [-0.4, -0.2) is 11.6 Å². The third kappa shape index (κ3) is 4.03. The number of rotatable bonds is 6.